The lowest BCUT2D eigenvalue weighted by Gasteiger charge is -2.22. The minimum absolute atomic E-state index is 0.0249. The Morgan fingerprint density at radius 2 is 2.33 bits per heavy atom. The predicted octanol–water partition coefficient (Wildman–Crippen LogP) is 2.73. The van der Waals surface area contributed by atoms with Gasteiger partial charge in [0.1, 0.15) is 6.26 Å². The largest absolute Gasteiger partial charge is 0.445 e. The van der Waals surface area contributed by atoms with Crippen molar-refractivity contribution in [2.45, 2.75) is 32.2 Å². The Morgan fingerprint density at radius 3 is 3.05 bits per heavy atom. The van der Waals surface area contributed by atoms with Crippen molar-refractivity contribution in [3.63, 3.8) is 0 Å². The summed E-state index contributed by atoms with van der Waals surface area (Å²) in [6.45, 7) is 2.90. The number of hydrogen-bond donors (Lipinski definition) is 2. The summed E-state index contributed by atoms with van der Waals surface area (Å²) < 4.78 is 5.34. The van der Waals surface area contributed by atoms with Gasteiger partial charge in [-0.1, -0.05) is 12.5 Å². The van der Waals surface area contributed by atoms with Gasteiger partial charge in [0.05, 0.1) is 12.2 Å². The fourth-order valence-corrected chi connectivity index (χ4v) is 2.59. The van der Waals surface area contributed by atoms with Gasteiger partial charge in [-0.3, -0.25) is 4.79 Å². The van der Waals surface area contributed by atoms with E-state index < -0.39 is 0 Å². The average Bonchev–Trinajstić information content (AvgIpc) is 3.04. The highest BCUT2D eigenvalue weighted by molar-refractivity contribution is 5.95. The Labute approximate surface area is 123 Å². The number of carbonyl (C=O) groups excluding carboxylic acids is 1. The number of nitrogens with one attached hydrogen (secondary N) is 2. The Hall–Kier alpha value is -2.14. The molecule has 110 valence electrons. The molecule has 2 heterocycles. The molecule has 2 aromatic rings. The van der Waals surface area contributed by atoms with Crippen molar-refractivity contribution >= 4 is 11.6 Å². The molecule has 1 fully saturated rings. The number of anilines is 1. The molecule has 0 aliphatic carbocycles. The van der Waals surface area contributed by atoms with Gasteiger partial charge < -0.3 is 15.1 Å². The summed E-state index contributed by atoms with van der Waals surface area (Å²) in [7, 11) is 0. The van der Waals surface area contributed by atoms with Crippen LogP contribution in [0.25, 0.3) is 11.5 Å². The molecule has 1 aromatic carbocycles. The van der Waals surface area contributed by atoms with Gasteiger partial charge in [-0.25, -0.2) is 4.98 Å². The SMILES string of the molecule is Cc1ccc(NC(=O)C2CCCCN2)cc1-c1ncco1. The first-order valence-electron chi connectivity index (χ1n) is 7.29. The van der Waals surface area contributed by atoms with E-state index in [4.69, 9.17) is 4.42 Å². The fraction of sp³-hybridized carbons (Fsp3) is 0.375. The zero-order chi connectivity index (χ0) is 14.7. The van der Waals surface area contributed by atoms with E-state index in [1.54, 1.807) is 12.5 Å². The van der Waals surface area contributed by atoms with Crippen LogP contribution in [0, 0.1) is 6.92 Å². The first-order chi connectivity index (χ1) is 10.2. The van der Waals surface area contributed by atoms with Gasteiger partial charge in [0.15, 0.2) is 0 Å². The van der Waals surface area contributed by atoms with E-state index in [1.807, 2.05) is 25.1 Å². The van der Waals surface area contributed by atoms with E-state index in [1.165, 1.54) is 0 Å². The third kappa shape index (κ3) is 3.13. The first-order valence-corrected chi connectivity index (χ1v) is 7.29. The highest BCUT2D eigenvalue weighted by atomic mass is 16.3. The molecule has 0 bridgehead atoms. The predicted molar refractivity (Wildman–Crippen MR) is 80.9 cm³/mol. The number of benzene rings is 1. The van der Waals surface area contributed by atoms with E-state index >= 15 is 0 Å². The Balaban J connectivity index is 1.77. The summed E-state index contributed by atoms with van der Waals surface area (Å²) >= 11 is 0. The molecule has 1 unspecified atom stereocenters. The number of piperidine rings is 1. The summed E-state index contributed by atoms with van der Waals surface area (Å²) in [5.41, 5.74) is 2.73. The van der Waals surface area contributed by atoms with Crippen LogP contribution in [0.5, 0.6) is 0 Å². The van der Waals surface area contributed by atoms with Crippen LogP contribution in [0.1, 0.15) is 24.8 Å². The number of rotatable bonds is 3. The van der Waals surface area contributed by atoms with Crippen LogP contribution >= 0.6 is 0 Å². The minimum atomic E-state index is -0.0924. The molecule has 0 saturated carbocycles. The van der Waals surface area contributed by atoms with Gasteiger partial charge >= 0.3 is 0 Å². The number of amides is 1. The van der Waals surface area contributed by atoms with E-state index in [0.717, 1.165) is 42.6 Å². The molecular formula is C16H19N3O2. The lowest BCUT2D eigenvalue weighted by molar-refractivity contribution is -0.118. The molecule has 0 radical (unpaired) electrons. The zero-order valence-corrected chi connectivity index (χ0v) is 12.1. The monoisotopic (exact) mass is 285 g/mol. The van der Waals surface area contributed by atoms with E-state index in [0.29, 0.717) is 5.89 Å². The third-order valence-corrected chi connectivity index (χ3v) is 3.79. The van der Waals surface area contributed by atoms with Crippen molar-refractivity contribution < 1.29 is 9.21 Å². The van der Waals surface area contributed by atoms with Crippen molar-refractivity contribution in [3.8, 4) is 11.5 Å². The number of oxazole rings is 1. The Bertz CT molecular complexity index is 616. The van der Waals surface area contributed by atoms with Gasteiger partial charge in [-0.15, -0.1) is 0 Å². The van der Waals surface area contributed by atoms with E-state index in [9.17, 15) is 4.79 Å². The molecule has 1 aromatic heterocycles. The van der Waals surface area contributed by atoms with Crippen molar-refractivity contribution in [1.82, 2.24) is 10.3 Å². The molecule has 1 atom stereocenters. The van der Waals surface area contributed by atoms with Crippen molar-refractivity contribution in [2.24, 2.45) is 0 Å². The lowest BCUT2D eigenvalue weighted by atomic mass is 10.0. The average molecular weight is 285 g/mol. The van der Waals surface area contributed by atoms with Crippen LogP contribution in [0.15, 0.2) is 35.1 Å². The summed E-state index contributed by atoms with van der Waals surface area (Å²) in [4.78, 5) is 16.4. The zero-order valence-electron chi connectivity index (χ0n) is 12.1. The summed E-state index contributed by atoms with van der Waals surface area (Å²) in [5, 5.41) is 6.22. The van der Waals surface area contributed by atoms with E-state index in [2.05, 4.69) is 15.6 Å². The quantitative estimate of drug-likeness (QED) is 0.910. The second-order valence-electron chi connectivity index (χ2n) is 5.36. The second kappa shape index (κ2) is 6.10. The summed E-state index contributed by atoms with van der Waals surface area (Å²) in [6, 6.07) is 5.68. The van der Waals surface area contributed by atoms with Crippen LogP contribution < -0.4 is 10.6 Å². The first kappa shape index (κ1) is 13.8. The van der Waals surface area contributed by atoms with Gasteiger partial charge in [-0.05, 0) is 44.0 Å². The summed E-state index contributed by atoms with van der Waals surface area (Å²) in [6.07, 6.45) is 6.30. The molecule has 1 aliphatic heterocycles. The molecule has 5 heteroatoms. The lowest BCUT2D eigenvalue weighted by Crippen LogP contribution is -2.43. The maximum Gasteiger partial charge on any atom is 0.241 e. The smallest absolute Gasteiger partial charge is 0.241 e. The highest BCUT2D eigenvalue weighted by Crippen LogP contribution is 2.25. The normalized spacial score (nSPS) is 18.4. The minimum Gasteiger partial charge on any atom is -0.445 e. The second-order valence-corrected chi connectivity index (χ2v) is 5.36. The van der Waals surface area contributed by atoms with Gasteiger partial charge in [0.25, 0.3) is 0 Å². The Morgan fingerprint density at radius 1 is 1.43 bits per heavy atom. The topological polar surface area (TPSA) is 67.2 Å². The molecular weight excluding hydrogens is 266 g/mol. The molecule has 1 aliphatic rings. The summed E-state index contributed by atoms with van der Waals surface area (Å²) in [5.74, 6) is 0.594. The van der Waals surface area contributed by atoms with Crippen molar-refractivity contribution in [3.05, 3.63) is 36.2 Å². The van der Waals surface area contributed by atoms with Crippen LogP contribution in [0.3, 0.4) is 0 Å². The molecule has 21 heavy (non-hydrogen) atoms. The number of aryl methyl sites for hydroxylation is 1. The van der Waals surface area contributed by atoms with Gasteiger partial charge in [-0.2, -0.15) is 0 Å². The number of aromatic nitrogens is 1. The number of carbonyl (C=O) groups is 1. The standard InChI is InChI=1S/C16H19N3O2/c1-11-5-6-12(10-13(11)16-18-8-9-21-16)19-15(20)14-4-2-3-7-17-14/h5-6,8-10,14,17H,2-4,7H2,1H3,(H,19,20). The number of hydrogen-bond acceptors (Lipinski definition) is 4. The van der Waals surface area contributed by atoms with Gasteiger partial charge in [0.2, 0.25) is 11.8 Å². The van der Waals surface area contributed by atoms with E-state index in [-0.39, 0.29) is 11.9 Å². The van der Waals surface area contributed by atoms with Crippen LogP contribution in [-0.2, 0) is 4.79 Å². The molecule has 3 rings (SSSR count). The molecule has 1 amide bonds. The molecule has 1 saturated heterocycles. The van der Waals surface area contributed by atoms with Crippen molar-refractivity contribution in [1.29, 1.82) is 0 Å². The maximum atomic E-state index is 12.2. The van der Waals surface area contributed by atoms with Crippen LogP contribution in [0.4, 0.5) is 5.69 Å². The van der Waals surface area contributed by atoms with Crippen molar-refractivity contribution in [2.75, 3.05) is 11.9 Å². The molecule has 0 spiro atoms. The highest BCUT2D eigenvalue weighted by Gasteiger charge is 2.20. The van der Waals surface area contributed by atoms with Crippen LogP contribution in [0.2, 0.25) is 0 Å². The molecule has 2 N–H and O–H groups in total. The van der Waals surface area contributed by atoms with Crippen LogP contribution in [-0.4, -0.2) is 23.5 Å². The number of nitrogens with zero attached hydrogens (tertiary/aromatic N) is 1. The molecule has 5 nitrogen and oxygen atoms in total. The maximum absolute atomic E-state index is 12.2. The Kier molecular flexibility index (Phi) is 4.01. The van der Waals surface area contributed by atoms with Gasteiger partial charge in [0, 0.05) is 11.3 Å². The fourth-order valence-electron chi connectivity index (χ4n) is 2.59. The third-order valence-electron chi connectivity index (χ3n) is 3.79.